The van der Waals surface area contributed by atoms with Crippen molar-refractivity contribution in [1.82, 2.24) is 0 Å². The van der Waals surface area contributed by atoms with Gasteiger partial charge in [0.15, 0.2) is 0 Å². The molecule has 0 saturated heterocycles. The van der Waals surface area contributed by atoms with E-state index in [1.165, 1.54) is 5.81 Å². The van der Waals surface area contributed by atoms with Crippen molar-refractivity contribution in [3.8, 4) is 0 Å². The summed E-state index contributed by atoms with van der Waals surface area (Å²) in [6.45, 7) is 4.42. The van der Waals surface area contributed by atoms with Gasteiger partial charge in [-0.05, 0) is 0 Å². The predicted octanol–water partition coefficient (Wildman–Crippen LogP) is 1.42. The second-order valence-electron chi connectivity index (χ2n) is 1.20. The monoisotopic (exact) mass is 204 g/mol. The molecule has 2 heteroatoms. The van der Waals surface area contributed by atoms with E-state index < -0.39 is 0 Å². The summed E-state index contributed by atoms with van der Waals surface area (Å²) in [6, 6.07) is 0. The van der Waals surface area contributed by atoms with Gasteiger partial charge >= 0.3 is 46.5 Å². The average molecular weight is 202 g/mol. The van der Waals surface area contributed by atoms with Crippen LogP contribution in [-0.2, 0) is 0 Å². The van der Waals surface area contributed by atoms with Crippen LogP contribution < -0.4 is 0 Å². The maximum atomic E-state index is 2.21. The molecule has 0 nitrogen and oxygen atoms in total. The molecule has 0 aromatic carbocycles. The van der Waals surface area contributed by atoms with Gasteiger partial charge in [0.2, 0.25) is 0 Å². The van der Waals surface area contributed by atoms with E-state index >= 15 is 0 Å². The Hall–Kier alpha value is 1.09. The molecule has 0 aliphatic heterocycles. The van der Waals surface area contributed by atoms with Gasteiger partial charge in [-0.2, -0.15) is 0 Å². The summed E-state index contributed by atoms with van der Waals surface area (Å²) in [7, 11) is 0. The minimum atomic E-state index is 0.861. The summed E-state index contributed by atoms with van der Waals surface area (Å²) in [6.07, 6.45) is 0. The van der Waals surface area contributed by atoms with Crippen LogP contribution in [0.1, 0.15) is 13.8 Å². The van der Waals surface area contributed by atoms with Crippen molar-refractivity contribution in [2.24, 2.45) is 0 Å². The molecule has 0 aliphatic rings. The zero-order chi connectivity index (χ0) is 4.28. The van der Waals surface area contributed by atoms with Crippen LogP contribution in [0.3, 0.4) is 0 Å². The zero-order valence-electron chi connectivity index (χ0n) is 3.43. The Balaban J connectivity index is 2.83. The molecule has 0 radical (unpaired) electrons. The molecule has 0 aromatic heterocycles. The Labute approximate surface area is 46.8 Å². The molecule has 0 saturated carbocycles. The fraction of sp³-hybridized carbons (Fsp3) is 1.00. The molecule has 0 bridgehead atoms. The van der Waals surface area contributed by atoms with Crippen LogP contribution in [0.5, 0.6) is 0 Å². The zero-order valence-corrected chi connectivity index (χ0v) is 6.66. The van der Waals surface area contributed by atoms with Crippen LogP contribution in [0.2, 0.25) is 0 Å². The van der Waals surface area contributed by atoms with Gasteiger partial charge in [-0.1, -0.05) is 0 Å². The summed E-state index contributed by atoms with van der Waals surface area (Å²) >= 11 is 2.11. The van der Waals surface area contributed by atoms with E-state index in [4.69, 9.17) is 0 Å². The molecular weight excluding hydrogens is 195 g/mol. The number of rotatable bonds is 1. The van der Waals surface area contributed by atoms with E-state index in [0.29, 0.717) is 0 Å². The van der Waals surface area contributed by atoms with E-state index in [9.17, 15) is 0 Å². The van der Waals surface area contributed by atoms with Crippen molar-refractivity contribution in [2.75, 3.05) is 0 Å². The molecule has 0 fully saturated rings. The summed E-state index contributed by atoms with van der Waals surface area (Å²) in [5.74, 6) is 1.51. The molecular formula is C3H7PTe. The molecule has 30 valence electrons. The van der Waals surface area contributed by atoms with E-state index in [-0.39, 0.29) is 0 Å². The van der Waals surface area contributed by atoms with Gasteiger partial charge in [-0.15, -0.1) is 0 Å². The van der Waals surface area contributed by atoms with Crippen molar-refractivity contribution in [1.29, 1.82) is 0 Å². The second-order valence-corrected chi connectivity index (χ2v) is 4.25. The van der Waals surface area contributed by atoms with Gasteiger partial charge in [0.1, 0.15) is 0 Å². The van der Waals surface area contributed by atoms with Gasteiger partial charge < -0.3 is 0 Å². The van der Waals surface area contributed by atoms with E-state index in [2.05, 4.69) is 35.1 Å². The molecule has 0 aromatic rings. The third kappa shape index (κ3) is 5.09. The van der Waals surface area contributed by atoms with Gasteiger partial charge in [0.05, 0.1) is 0 Å². The Bertz CT molecular complexity index is 33.9. The quantitative estimate of drug-likeness (QED) is 0.445. The van der Waals surface area contributed by atoms with Crippen molar-refractivity contribution >= 4 is 27.0 Å². The molecule has 0 unspecified atom stereocenters. The Morgan fingerprint density at radius 3 is 1.80 bits per heavy atom. The van der Waals surface area contributed by atoms with Crippen molar-refractivity contribution in [2.45, 2.75) is 19.5 Å². The first-order valence-electron chi connectivity index (χ1n) is 1.60. The molecule has 0 heterocycles. The fourth-order valence-corrected chi connectivity index (χ4v) is 0. The van der Waals surface area contributed by atoms with E-state index in [1.54, 1.807) is 0 Å². The Kier molecular flexibility index (Phi) is 4.00. The molecule has 0 amide bonds. The van der Waals surface area contributed by atoms with Gasteiger partial charge in [0.25, 0.3) is 0 Å². The van der Waals surface area contributed by atoms with Crippen LogP contribution in [0.15, 0.2) is 0 Å². The molecule has 0 spiro atoms. The molecule has 0 rings (SSSR count). The van der Waals surface area contributed by atoms with Gasteiger partial charge in [-0.3, -0.25) is 0 Å². The fourth-order valence-electron chi connectivity index (χ4n) is 0. The van der Waals surface area contributed by atoms with Crippen LogP contribution in [0, 0.1) is 0 Å². The second kappa shape index (κ2) is 3.29. The molecule has 0 atom stereocenters. The standard InChI is InChI=1S/C3H7PTe/c1-3(2)4-5/h3H,1-2H3. The minimum absolute atomic E-state index is 0.861. The first-order chi connectivity index (χ1) is 2.27. The van der Waals surface area contributed by atoms with Crippen LogP contribution in [0.25, 0.3) is 0 Å². The molecule has 0 N–H and O–H groups in total. The maximum absolute atomic E-state index is 2.21. The number of hydrogen-bond donors (Lipinski definition) is 0. The SMILES string of the molecule is CC(C)P=[Te]. The Morgan fingerprint density at radius 2 is 1.80 bits per heavy atom. The third-order valence-electron chi connectivity index (χ3n) is 0.211. The molecule has 0 aliphatic carbocycles. The van der Waals surface area contributed by atoms with E-state index in [1.807, 2.05) is 0 Å². The topological polar surface area (TPSA) is 0 Å². The van der Waals surface area contributed by atoms with Crippen molar-refractivity contribution in [3.05, 3.63) is 0 Å². The summed E-state index contributed by atoms with van der Waals surface area (Å²) in [5.41, 5.74) is 0.861. The van der Waals surface area contributed by atoms with Crippen LogP contribution in [0.4, 0.5) is 0 Å². The average Bonchev–Trinajstić information content (AvgIpc) is 1.38. The van der Waals surface area contributed by atoms with Crippen molar-refractivity contribution in [3.63, 3.8) is 0 Å². The molecule has 5 heavy (non-hydrogen) atoms. The first-order valence-corrected chi connectivity index (χ1v) is 5.60. The van der Waals surface area contributed by atoms with E-state index in [0.717, 1.165) is 5.66 Å². The van der Waals surface area contributed by atoms with Crippen LogP contribution in [-0.4, -0.2) is 26.9 Å². The number of hydrogen-bond acceptors (Lipinski definition) is 0. The third-order valence-corrected chi connectivity index (χ3v) is 4.24. The van der Waals surface area contributed by atoms with Gasteiger partial charge in [0, 0.05) is 0 Å². The first kappa shape index (κ1) is 6.09. The summed E-state index contributed by atoms with van der Waals surface area (Å²) < 4.78 is 0. The predicted molar refractivity (Wildman–Crippen MR) is 27.8 cm³/mol. The summed E-state index contributed by atoms with van der Waals surface area (Å²) in [4.78, 5) is 0. The summed E-state index contributed by atoms with van der Waals surface area (Å²) in [5, 5.41) is 0. The normalized spacial score (nSPS) is 10.2. The van der Waals surface area contributed by atoms with Crippen molar-refractivity contribution < 1.29 is 0 Å². The Morgan fingerprint density at radius 1 is 1.60 bits per heavy atom. The van der Waals surface area contributed by atoms with Gasteiger partial charge in [-0.25, -0.2) is 0 Å². The van der Waals surface area contributed by atoms with Crippen LogP contribution >= 0.6 is 5.81 Å².